The van der Waals surface area contributed by atoms with E-state index in [0.717, 1.165) is 36.1 Å². The van der Waals surface area contributed by atoms with E-state index in [4.69, 9.17) is 4.42 Å². The minimum atomic E-state index is -0.256. The number of nitrogens with zero attached hydrogens (tertiary/aromatic N) is 2. The molecule has 1 aromatic carbocycles. The van der Waals surface area contributed by atoms with E-state index >= 15 is 0 Å². The summed E-state index contributed by atoms with van der Waals surface area (Å²) in [4.78, 5) is 18.9. The Kier molecular flexibility index (Phi) is 6.11. The highest BCUT2D eigenvalue weighted by atomic mass is 32.2. The van der Waals surface area contributed by atoms with Crippen molar-refractivity contribution in [3.05, 3.63) is 54.0 Å². The molecule has 27 heavy (non-hydrogen) atoms. The first-order valence-corrected chi connectivity index (χ1v) is 9.99. The maximum Gasteiger partial charge on any atom is 0.291 e. The molecule has 1 saturated heterocycles. The maximum absolute atomic E-state index is 12.1. The SMILES string of the molecule is CN=C(NCc1cccc(NC(=O)c2ccco2)c1)N1CCSC(C)(C)C1. The quantitative estimate of drug-likeness (QED) is 0.622. The number of hydrogen-bond donors (Lipinski definition) is 2. The van der Waals surface area contributed by atoms with Crippen molar-refractivity contribution in [1.29, 1.82) is 0 Å². The van der Waals surface area contributed by atoms with Crippen molar-refractivity contribution in [3.8, 4) is 0 Å². The molecule has 144 valence electrons. The Hall–Kier alpha value is -2.41. The predicted octanol–water partition coefficient (Wildman–Crippen LogP) is 3.43. The lowest BCUT2D eigenvalue weighted by molar-refractivity contribution is 0.0996. The average Bonchev–Trinajstić information content (AvgIpc) is 3.17. The number of guanidine groups is 1. The van der Waals surface area contributed by atoms with Gasteiger partial charge in [0, 0.05) is 42.9 Å². The van der Waals surface area contributed by atoms with E-state index in [0.29, 0.717) is 12.3 Å². The highest BCUT2D eigenvalue weighted by Crippen LogP contribution is 2.29. The molecule has 0 saturated carbocycles. The highest BCUT2D eigenvalue weighted by Gasteiger charge is 2.28. The van der Waals surface area contributed by atoms with Gasteiger partial charge in [-0.2, -0.15) is 11.8 Å². The molecule has 2 N–H and O–H groups in total. The van der Waals surface area contributed by atoms with Crippen LogP contribution in [-0.4, -0.2) is 47.4 Å². The van der Waals surface area contributed by atoms with Gasteiger partial charge >= 0.3 is 0 Å². The summed E-state index contributed by atoms with van der Waals surface area (Å²) in [5, 5.41) is 6.29. The summed E-state index contributed by atoms with van der Waals surface area (Å²) in [5.41, 5.74) is 1.81. The number of carbonyl (C=O) groups excluding carboxylic acids is 1. The average molecular weight is 387 g/mol. The van der Waals surface area contributed by atoms with E-state index < -0.39 is 0 Å². The molecular formula is C20H26N4O2S. The van der Waals surface area contributed by atoms with Gasteiger partial charge in [0.1, 0.15) is 0 Å². The van der Waals surface area contributed by atoms with E-state index in [9.17, 15) is 4.79 Å². The number of nitrogens with one attached hydrogen (secondary N) is 2. The van der Waals surface area contributed by atoms with Gasteiger partial charge in [-0.05, 0) is 43.7 Å². The molecule has 1 aromatic heterocycles. The number of benzene rings is 1. The van der Waals surface area contributed by atoms with E-state index in [2.05, 4.69) is 34.4 Å². The third-order valence-corrected chi connectivity index (χ3v) is 5.61. The van der Waals surface area contributed by atoms with Crippen molar-refractivity contribution in [2.45, 2.75) is 25.1 Å². The summed E-state index contributed by atoms with van der Waals surface area (Å²) in [6.45, 7) is 7.13. The van der Waals surface area contributed by atoms with Gasteiger partial charge < -0.3 is 20.0 Å². The predicted molar refractivity (Wildman–Crippen MR) is 111 cm³/mol. The Morgan fingerprint density at radius 1 is 1.33 bits per heavy atom. The highest BCUT2D eigenvalue weighted by molar-refractivity contribution is 8.00. The van der Waals surface area contributed by atoms with E-state index in [1.807, 2.05) is 43.1 Å². The molecule has 0 unspecified atom stereocenters. The lowest BCUT2D eigenvalue weighted by Gasteiger charge is -2.39. The van der Waals surface area contributed by atoms with Crippen LogP contribution in [0.25, 0.3) is 0 Å². The number of furan rings is 1. The minimum Gasteiger partial charge on any atom is -0.459 e. The van der Waals surface area contributed by atoms with Crippen LogP contribution >= 0.6 is 11.8 Å². The third kappa shape index (κ3) is 5.29. The van der Waals surface area contributed by atoms with Crippen LogP contribution in [0.3, 0.4) is 0 Å². The monoisotopic (exact) mass is 386 g/mol. The summed E-state index contributed by atoms with van der Waals surface area (Å²) < 4.78 is 5.36. The fourth-order valence-electron chi connectivity index (χ4n) is 3.07. The Morgan fingerprint density at radius 2 is 2.19 bits per heavy atom. The smallest absolute Gasteiger partial charge is 0.291 e. The van der Waals surface area contributed by atoms with Crippen molar-refractivity contribution < 1.29 is 9.21 Å². The molecule has 1 fully saturated rings. The number of amides is 1. The van der Waals surface area contributed by atoms with Crippen LogP contribution in [0.2, 0.25) is 0 Å². The topological polar surface area (TPSA) is 69.9 Å². The van der Waals surface area contributed by atoms with Gasteiger partial charge in [-0.25, -0.2) is 0 Å². The lowest BCUT2D eigenvalue weighted by Crippen LogP contribution is -2.50. The number of carbonyl (C=O) groups is 1. The maximum atomic E-state index is 12.1. The van der Waals surface area contributed by atoms with Crippen LogP contribution < -0.4 is 10.6 Å². The van der Waals surface area contributed by atoms with Crippen LogP contribution in [0.5, 0.6) is 0 Å². The van der Waals surface area contributed by atoms with Gasteiger partial charge in [0.25, 0.3) is 5.91 Å². The number of hydrogen-bond acceptors (Lipinski definition) is 4. The van der Waals surface area contributed by atoms with E-state index in [-0.39, 0.29) is 10.7 Å². The van der Waals surface area contributed by atoms with Gasteiger partial charge in [0.05, 0.1) is 6.26 Å². The second-order valence-corrected chi connectivity index (χ2v) is 8.86. The molecule has 1 amide bonds. The summed E-state index contributed by atoms with van der Waals surface area (Å²) in [6, 6.07) is 11.1. The van der Waals surface area contributed by atoms with Gasteiger partial charge in [-0.1, -0.05) is 12.1 Å². The van der Waals surface area contributed by atoms with Crippen molar-refractivity contribution in [2.24, 2.45) is 4.99 Å². The number of anilines is 1. The van der Waals surface area contributed by atoms with Crippen molar-refractivity contribution in [2.75, 3.05) is 31.2 Å². The molecule has 0 bridgehead atoms. The normalized spacial score (nSPS) is 16.9. The van der Waals surface area contributed by atoms with Crippen LogP contribution in [0, 0.1) is 0 Å². The Balaban J connectivity index is 1.60. The zero-order chi connectivity index (χ0) is 19.3. The summed E-state index contributed by atoms with van der Waals surface area (Å²) in [6.07, 6.45) is 1.49. The first-order valence-electron chi connectivity index (χ1n) is 9.00. The van der Waals surface area contributed by atoms with Crippen molar-refractivity contribution >= 4 is 29.3 Å². The Bertz CT molecular complexity index is 802. The first kappa shape index (κ1) is 19.4. The molecule has 0 spiro atoms. The standard InChI is InChI=1S/C20H26N4O2S/c1-20(2)14-24(9-11-27-20)19(21-3)22-13-15-6-4-7-16(12-15)23-18(25)17-8-5-10-26-17/h4-8,10,12H,9,11,13-14H2,1-3H3,(H,21,22)(H,23,25). The number of rotatable bonds is 4. The Morgan fingerprint density at radius 3 is 2.89 bits per heavy atom. The fourth-order valence-corrected chi connectivity index (χ4v) is 4.18. The second kappa shape index (κ2) is 8.52. The molecule has 2 aromatic rings. The molecule has 0 aliphatic carbocycles. The van der Waals surface area contributed by atoms with E-state index in [1.54, 1.807) is 12.1 Å². The van der Waals surface area contributed by atoms with Crippen LogP contribution in [0.1, 0.15) is 30.0 Å². The molecule has 1 aliphatic heterocycles. The Labute approximate surface area is 164 Å². The van der Waals surface area contributed by atoms with Crippen LogP contribution in [-0.2, 0) is 6.54 Å². The summed E-state index contributed by atoms with van der Waals surface area (Å²) in [7, 11) is 1.82. The molecule has 6 nitrogen and oxygen atoms in total. The molecule has 2 heterocycles. The largest absolute Gasteiger partial charge is 0.459 e. The van der Waals surface area contributed by atoms with E-state index in [1.165, 1.54) is 6.26 Å². The molecular weight excluding hydrogens is 360 g/mol. The first-order chi connectivity index (χ1) is 13.0. The zero-order valence-corrected chi connectivity index (χ0v) is 16.8. The van der Waals surface area contributed by atoms with Gasteiger partial charge in [-0.15, -0.1) is 0 Å². The van der Waals surface area contributed by atoms with Crippen molar-refractivity contribution in [1.82, 2.24) is 10.2 Å². The fraction of sp³-hybridized carbons (Fsp3) is 0.400. The molecule has 7 heteroatoms. The van der Waals surface area contributed by atoms with Crippen LogP contribution in [0.4, 0.5) is 5.69 Å². The molecule has 0 atom stereocenters. The van der Waals surface area contributed by atoms with Gasteiger partial charge in [-0.3, -0.25) is 9.79 Å². The minimum absolute atomic E-state index is 0.228. The number of aliphatic imine (C=N–C) groups is 1. The van der Waals surface area contributed by atoms with Crippen molar-refractivity contribution in [3.63, 3.8) is 0 Å². The van der Waals surface area contributed by atoms with Gasteiger partial charge in [0.2, 0.25) is 0 Å². The lowest BCUT2D eigenvalue weighted by atomic mass is 10.2. The van der Waals surface area contributed by atoms with Crippen LogP contribution in [0.15, 0.2) is 52.1 Å². The summed E-state index contributed by atoms with van der Waals surface area (Å²) >= 11 is 2.00. The zero-order valence-electron chi connectivity index (χ0n) is 16.0. The summed E-state index contributed by atoms with van der Waals surface area (Å²) in [5.74, 6) is 2.05. The molecule has 0 radical (unpaired) electrons. The second-order valence-electron chi connectivity index (χ2n) is 7.06. The molecule has 1 aliphatic rings. The number of thioether (sulfide) groups is 1. The third-order valence-electron chi connectivity index (χ3n) is 4.32. The van der Waals surface area contributed by atoms with Gasteiger partial charge in [0.15, 0.2) is 11.7 Å². The molecule has 3 rings (SSSR count).